The van der Waals surface area contributed by atoms with Gasteiger partial charge in [-0.15, -0.1) is 0 Å². The number of nitrogens with two attached hydrogens (primary N) is 1. The molecule has 2 heterocycles. The van der Waals surface area contributed by atoms with Gasteiger partial charge >= 0.3 is 0 Å². The lowest BCUT2D eigenvalue weighted by Crippen LogP contribution is -2.57. The van der Waals surface area contributed by atoms with Crippen LogP contribution in [0.3, 0.4) is 0 Å². The van der Waals surface area contributed by atoms with Gasteiger partial charge < -0.3 is 46.5 Å². The SMILES string of the molecule is CC(C)[C@H]1NC(=O)[C@H](CC(N)=O)NC(=O)C[C@@H](C(=O)NCCc2ccc3c(c2)OCCO3)NC(=O)c2ccccc2OCCNC1=O. The maximum atomic E-state index is 13.4. The van der Waals surface area contributed by atoms with E-state index in [0.717, 1.165) is 5.56 Å². The van der Waals surface area contributed by atoms with Gasteiger partial charge in [0.05, 0.1) is 24.9 Å². The highest BCUT2D eigenvalue weighted by Crippen LogP contribution is 2.30. The topological polar surface area (TPSA) is 216 Å². The smallest absolute Gasteiger partial charge is 0.255 e. The number of hydrogen-bond donors (Lipinski definition) is 6. The normalized spacial score (nSPS) is 20.7. The molecule has 4 rings (SSSR count). The molecule has 0 aliphatic carbocycles. The number of amides is 6. The molecule has 2 aliphatic rings. The van der Waals surface area contributed by atoms with Gasteiger partial charge in [-0.1, -0.05) is 32.0 Å². The van der Waals surface area contributed by atoms with Gasteiger partial charge in [-0.05, 0) is 42.2 Å². The summed E-state index contributed by atoms with van der Waals surface area (Å²) in [5.74, 6) is -3.30. The second-order valence-electron chi connectivity index (χ2n) is 11.4. The maximum Gasteiger partial charge on any atom is 0.255 e. The molecule has 15 nitrogen and oxygen atoms in total. The average molecular weight is 653 g/mol. The van der Waals surface area contributed by atoms with Crippen molar-refractivity contribution in [3.63, 3.8) is 0 Å². The molecule has 0 radical (unpaired) electrons. The Kier molecular flexibility index (Phi) is 12.0. The summed E-state index contributed by atoms with van der Waals surface area (Å²) >= 11 is 0. The fourth-order valence-electron chi connectivity index (χ4n) is 5.00. The van der Waals surface area contributed by atoms with E-state index in [2.05, 4.69) is 26.6 Å². The predicted molar refractivity (Wildman–Crippen MR) is 167 cm³/mol. The minimum atomic E-state index is -1.44. The van der Waals surface area contributed by atoms with E-state index in [9.17, 15) is 28.8 Å². The lowest BCUT2D eigenvalue weighted by atomic mass is 10.0. The Morgan fingerprint density at radius 1 is 0.894 bits per heavy atom. The molecule has 0 saturated carbocycles. The second-order valence-corrected chi connectivity index (χ2v) is 11.4. The van der Waals surface area contributed by atoms with Crippen molar-refractivity contribution in [1.82, 2.24) is 26.6 Å². The van der Waals surface area contributed by atoms with E-state index in [1.54, 1.807) is 38.1 Å². The summed E-state index contributed by atoms with van der Waals surface area (Å²) in [5, 5.41) is 13.0. The Morgan fingerprint density at radius 2 is 1.62 bits per heavy atom. The Bertz CT molecular complexity index is 1500. The largest absolute Gasteiger partial charge is 0.491 e. The minimum Gasteiger partial charge on any atom is -0.491 e. The van der Waals surface area contributed by atoms with Gasteiger partial charge in [0.25, 0.3) is 5.91 Å². The molecule has 0 bridgehead atoms. The standard InChI is InChI=1S/C32H40N6O9/c1-18(2)28-32(44)35-11-12-45-23-6-4-3-5-20(23)29(41)37-22(17-27(40)36-21(16-26(33)39)31(43)38-28)30(42)34-10-9-19-7-8-24-25(15-19)47-14-13-46-24/h3-8,15,18,21-22,28H,9-14,16-17H2,1-2H3,(H2,33,39)(H,34,42)(H,35,44)(H,36,40)(H,37,41)(H,38,43)/t21-,22-,28+/m0/s1. The summed E-state index contributed by atoms with van der Waals surface area (Å²) in [4.78, 5) is 78.0. The molecule has 2 aromatic rings. The number of nitrogens with one attached hydrogen (secondary N) is 5. The Labute approximate surface area is 271 Å². The lowest BCUT2D eigenvalue weighted by Gasteiger charge is -2.25. The van der Waals surface area contributed by atoms with Crippen LogP contribution in [0, 0.1) is 5.92 Å². The average Bonchev–Trinajstić information content (AvgIpc) is 3.04. The van der Waals surface area contributed by atoms with Crippen LogP contribution >= 0.6 is 0 Å². The molecule has 2 aromatic carbocycles. The molecular weight excluding hydrogens is 612 g/mol. The van der Waals surface area contributed by atoms with E-state index in [-0.39, 0.29) is 36.9 Å². The lowest BCUT2D eigenvalue weighted by molar-refractivity contribution is -0.134. The van der Waals surface area contributed by atoms with Crippen LogP contribution in [0.4, 0.5) is 0 Å². The Morgan fingerprint density at radius 3 is 2.36 bits per heavy atom. The first kappa shape index (κ1) is 34.5. The number of ether oxygens (including phenoxy) is 3. The van der Waals surface area contributed by atoms with E-state index in [0.29, 0.717) is 31.1 Å². The first-order valence-corrected chi connectivity index (χ1v) is 15.4. The fourth-order valence-corrected chi connectivity index (χ4v) is 5.00. The molecule has 7 N–H and O–H groups in total. The van der Waals surface area contributed by atoms with Crippen LogP contribution in [0.1, 0.15) is 42.6 Å². The fraction of sp³-hybridized carbons (Fsp3) is 0.438. The van der Waals surface area contributed by atoms with Crippen LogP contribution in [-0.4, -0.2) is 86.5 Å². The van der Waals surface area contributed by atoms with Crippen LogP contribution in [0.5, 0.6) is 17.2 Å². The van der Waals surface area contributed by atoms with Crippen LogP contribution in [0.15, 0.2) is 42.5 Å². The van der Waals surface area contributed by atoms with Gasteiger partial charge in [-0.25, -0.2) is 0 Å². The molecule has 3 atom stereocenters. The molecule has 2 aliphatic heterocycles. The van der Waals surface area contributed by atoms with Crippen molar-refractivity contribution >= 4 is 35.4 Å². The summed E-state index contributed by atoms with van der Waals surface area (Å²) in [5.41, 5.74) is 6.31. The van der Waals surface area contributed by atoms with Gasteiger partial charge in [0, 0.05) is 6.54 Å². The van der Waals surface area contributed by atoms with Crippen molar-refractivity contribution in [3.05, 3.63) is 53.6 Å². The first-order valence-electron chi connectivity index (χ1n) is 15.4. The van der Waals surface area contributed by atoms with Crippen LogP contribution in [0.25, 0.3) is 0 Å². The van der Waals surface area contributed by atoms with Gasteiger partial charge in [0.15, 0.2) is 11.5 Å². The number of benzene rings is 2. The highest BCUT2D eigenvalue weighted by Gasteiger charge is 2.32. The molecule has 0 unspecified atom stereocenters. The quantitative estimate of drug-likeness (QED) is 0.223. The van der Waals surface area contributed by atoms with E-state index in [1.807, 2.05) is 12.1 Å². The van der Waals surface area contributed by atoms with E-state index >= 15 is 0 Å². The van der Waals surface area contributed by atoms with Crippen molar-refractivity contribution in [3.8, 4) is 17.2 Å². The molecule has 0 saturated heterocycles. The third kappa shape index (κ3) is 9.82. The number of primary amides is 1. The van der Waals surface area contributed by atoms with Crippen LogP contribution < -0.4 is 46.5 Å². The monoisotopic (exact) mass is 652 g/mol. The number of hydrogen-bond acceptors (Lipinski definition) is 9. The molecule has 0 spiro atoms. The number of carbonyl (C=O) groups is 6. The summed E-state index contributed by atoms with van der Waals surface area (Å²) in [6, 6.07) is 7.95. The summed E-state index contributed by atoms with van der Waals surface area (Å²) in [6.07, 6.45) is -0.734. The highest BCUT2D eigenvalue weighted by atomic mass is 16.6. The zero-order chi connectivity index (χ0) is 33.9. The number of fused-ring (bicyclic) bond motifs is 2. The summed E-state index contributed by atoms with van der Waals surface area (Å²) in [6.45, 7) is 4.53. The highest BCUT2D eigenvalue weighted by molar-refractivity contribution is 6.01. The number of carbonyl (C=O) groups excluding carboxylic acids is 6. The van der Waals surface area contributed by atoms with Gasteiger partial charge in [-0.2, -0.15) is 0 Å². The first-order chi connectivity index (χ1) is 22.5. The molecular formula is C32H40N6O9. The molecule has 0 aromatic heterocycles. The van der Waals surface area contributed by atoms with Crippen molar-refractivity contribution < 1.29 is 43.0 Å². The van der Waals surface area contributed by atoms with Crippen LogP contribution in [0.2, 0.25) is 0 Å². The van der Waals surface area contributed by atoms with Crippen molar-refractivity contribution in [1.29, 1.82) is 0 Å². The molecule has 47 heavy (non-hydrogen) atoms. The minimum absolute atomic E-state index is 0.0110. The molecule has 6 amide bonds. The van der Waals surface area contributed by atoms with Gasteiger partial charge in [0.1, 0.15) is 43.7 Å². The Hall–Kier alpha value is -5.34. The van der Waals surface area contributed by atoms with Crippen LogP contribution in [-0.2, 0) is 30.4 Å². The molecule has 15 heteroatoms. The summed E-state index contributed by atoms with van der Waals surface area (Å²) < 4.78 is 16.9. The predicted octanol–water partition coefficient (Wildman–Crippen LogP) is -0.685. The number of rotatable bonds is 7. The molecule has 0 fully saturated rings. The van der Waals surface area contributed by atoms with Gasteiger partial charge in [0.2, 0.25) is 29.5 Å². The van der Waals surface area contributed by atoms with Gasteiger partial charge in [-0.3, -0.25) is 28.8 Å². The third-order valence-electron chi connectivity index (χ3n) is 7.43. The molecule has 252 valence electrons. The third-order valence-corrected chi connectivity index (χ3v) is 7.43. The zero-order valence-corrected chi connectivity index (χ0v) is 26.3. The van der Waals surface area contributed by atoms with Crippen molar-refractivity contribution in [2.75, 3.05) is 32.9 Å². The second kappa shape index (κ2) is 16.3. The van der Waals surface area contributed by atoms with E-state index in [4.69, 9.17) is 19.9 Å². The Balaban J connectivity index is 1.55. The van der Waals surface area contributed by atoms with Crippen molar-refractivity contribution in [2.45, 2.75) is 51.2 Å². The summed E-state index contributed by atoms with van der Waals surface area (Å²) in [7, 11) is 0. The van der Waals surface area contributed by atoms with E-state index in [1.165, 1.54) is 6.07 Å². The number of para-hydroxylation sites is 1. The maximum absolute atomic E-state index is 13.4. The van der Waals surface area contributed by atoms with E-state index < -0.39 is 66.4 Å². The van der Waals surface area contributed by atoms with Crippen molar-refractivity contribution in [2.24, 2.45) is 11.7 Å². The zero-order valence-electron chi connectivity index (χ0n) is 26.3.